The van der Waals surface area contributed by atoms with Crippen molar-refractivity contribution in [2.75, 3.05) is 13.1 Å². The van der Waals surface area contributed by atoms with E-state index in [1.165, 1.54) is 0 Å². The highest BCUT2D eigenvalue weighted by Crippen LogP contribution is 2.19. The van der Waals surface area contributed by atoms with Crippen LogP contribution in [-0.2, 0) is 22.6 Å². The van der Waals surface area contributed by atoms with E-state index in [-0.39, 0.29) is 24.4 Å². The largest absolute Gasteiger partial charge is 0.345 e. The van der Waals surface area contributed by atoms with E-state index in [0.717, 1.165) is 37.5 Å². The predicted octanol–water partition coefficient (Wildman–Crippen LogP) is 0.0239. The Labute approximate surface area is 117 Å². The van der Waals surface area contributed by atoms with Crippen LogP contribution in [0.1, 0.15) is 43.9 Å². The molecule has 0 bridgehead atoms. The molecule has 2 aliphatic rings. The number of nitrogens with one attached hydrogen (secondary N) is 1. The second kappa shape index (κ2) is 5.22. The Morgan fingerprint density at radius 3 is 2.85 bits per heavy atom. The summed E-state index contributed by atoms with van der Waals surface area (Å²) < 4.78 is 2.08. The maximum Gasteiger partial charge on any atom is 0.240 e. The van der Waals surface area contributed by atoms with Gasteiger partial charge in [0.1, 0.15) is 5.82 Å². The summed E-state index contributed by atoms with van der Waals surface area (Å²) in [6, 6.07) is -0.181. The lowest BCUT2D eigenvalue weighted by molar-refractivity contribution is -0.133. The van der Waals surface area contributed by atoms with E-state index in [4.69, 9.17) is 0 Å². The number of carbonyl (C=O) groups excluding carboxylic acids is 2. The molecule has 1 N–H and O–H groups in total. The first kappa shape index (κ1) is 13.1. The molecule has 20 heavy (non-hydrogen) atoms. The number of fused-ring (bicyclic) bond motifs is 1. The molecule has 1 aromatic heterocycles. The Bertz CT molecular complexity index is 539. The van der Waals surface area contributed by atoms with Gasteiger partial charge in [0, 0.05) is 25.9 Å². The van der Waals surface area contributed by atoms with Crippen LogP contribution in [0, 0.1) is 0 Å². The Kier molecular flexibility index (Phi) is 3.42. The van der Waals surface area contributed by atoms with Crippen LogP contribution in [0.3, 0.4) is 0 Å². The topological polar surface area (TPSA) is 80.1 Å². The van der Waals surface area contributed by atoms with Crippen LogP contribution in [0.5, 0.6) is 0 Å². The number of aromatic nitrogens is 3. The monoisotopic (exact) mass is 277 g/mol. The van der Waals surface area contributed by atoms with Crippen molar-refractivity contribution in [3.05, 3.63) is 11.6 Å². The third-order valence-corrected chi connectivity index (χ3v) is 3.91. The minimum Gasteiger partial charge on any atom is -0.345 e. The van der Waals surface area contributed by atoms with Gasteiger partial charge in [-0.3, -0.25) is 9.59 Å². The van der Waals surface area contributed by atoms with Crippen molar-refractivity contribution in [3.63, 3.8) is 0 Å². The van der Waals surface area contributed by atoms with Gasteiger partial charge in [-0.1, -0.05) is 0 Å². The number of aryl methyl sites for hydroxylation is 1. The molecule has 0 spiro atoms. The van der Waals surface area contributed by atoms with Crippen molar-refractivity contribution in [2.24, 2.45) is 0 Å². The minimum atomic E-state index is -0.181. The molecular weight excluding hydrogens is 258 g/mol. The molecule has 108 valence electrons. The fourth-order valence-electron chi connectivity index (χ4n) is 2.89. The van der Waals surface area contributed by atoms with Gasteiger partial charge < -0.3 is 14.8 Å². The van der Waals surface area contributed by atoms with Crippen LogP contribution >= 0.6 is 0 Å². The van der Waals surface area contributed by atoms with E-state index in [0.29, 0.717) is 13.0 Å². The van der Waals surface area contributed by atoms with E-state index in [1.54, 1.807) is 4.90 Å². The first-order valence-electron chi connectivity index (χ1n) is 7.14. The minimum absolute atomic E-state index is 0.0659. The fraction of sp³-hybridized carbons (Fsp3) is 0.692. The Morgan fingerprint density at radius 1 is 1.30 bits per heavy atom. The zero-order chi connectivity index (χ0) is 14.1. The molecule has 7 heteroatoms. The zero-order valence-electron chi connectivity index (χ0n) is 11.6. The van der Waals surface area contributed by atoms with Crippen LogP contribution < -0.4 is 5.32 Å². The second-order valence-corrected chi connectivity index (χ2v) is 5.44. The molecule has 3 heterocycles. The summed E-state index contributed by atoms with van der Waals surface area (Å²) in [5.41, 5.74) is 0. The lowest BCUT2D eigenvalue weighted by Gasteiger charge is -2.18. The molecular formula is C13H19N5O2. The summed E-state index contributed by atoms with van der Waals surface area (Å²) >= 11 is 0. The SMILES string of the molecule is CC(NC(=O)CN1CCCC1=O)c1nnc2n1CCC2. The molecule has 0 aromatic carbocycles. The Morgan fingerprint density at radius 2 is 2.10 bits per heavy atom. The molecule has 7 nitrogen and oxygen atoms in total. The van der Waals surface area contributed by atoms with Crippen molar-refractivity contribution >= 4 is 11.8 Å². The van der Waals surface area contributed by atoms with Gasteiger partial charge in [0.05, 0.1) is 12.6 Å². The molecule has 2 amide bonds. The summed E-state index contributed by atoms with van der Waals surface area (Å²) in [5.74, 6) is 1.73. The molecule has 1 atom stereocenters. The highest BCUT2D eigenvalue weighted by molar-refractivity contribution is 5.85. The summed E-state index contributed by atoms with van der Waals surface area (Å²) in [6.45, 7) is 3.65. The molecule has 1 unspecified atom stereocenters. The van der Waals surface area contributed by atoms with Crippen molar-refractivity contribution in [3.8, 4) is 0 Å². The van der Waals surface area contributed by atoms with Gasteiger partial charge >= 0.3 is 0 Å². The molecule has 2 aliphatic heterocycles. The smallest absolute Gasteiger partial charge is 0.240 e. The van der Waals surface area contributed by atoms with E-state index in [9.17, 15) is 9.59 Å². The van der Waals surface area contributed by atoms with E-state index in [2.05, 4.69) is 20.1 Å². The van der Waals surface area contributed by atoms with E-state index < -0.39 is 0 Å². The van der Waals surface area contributed by atoms with E-state index in [1.807, 2.05) is 6.92 Å². The standard InChI is InChI=1S/C13H19N5O2/c1-9(13-16-15-10-4-2-7-18(10)13)14-11(19)8-17-6-3-5-12(17)20/h9H,2-8H2,1H3,(H,14,19). The second-order valence-electron chi connectivity index (χ2n) is 5.44. The van der Waals surface area contributed by atoms with Crippen LogP contribution in [0.25, 0.3) is 0 Å². The summed E-state index contributed by atoms with van der Waals surface area (Å²) in [7, 11) is 0. The first-order valence-corrected chi connectivity index (χ1v) is 7.14. The highest BCUT2D eigenvalue weighted by Gasteiger charge is 2.25. The van der Waals surface area contributed by atoms with Gasteiger partial charge in [-0.05, 0) is 19.8 Å². The number of nitrogens with zero attached hydrogens (tertiary/aromatic N) is 4. The quantitative estimate of drug-likeness (QED) is 0.841. The van der Waals surface area contributed by atoms with Crippen LogP contribution in [0.4, 0.5) is 0 Å². The zero-order valence-corrected chi connectivity index (χ0v) is 11.6. The molecule has 1 fully saturated rings. The molecule has 0 aliphatic carbocycles. The van der Waals surface area contributed by atoms with Gasteiger partial charge in [0.15, 0.2) is 5.82 Å². The number of rotatable bonds is 4. The molecule has 1 aromatic rings. The van der Waals surface area contributed by atoms with Crippen LogP contribution in [0.2, 0.25) is 0 Å². The molecule has 0 saturated carbocycles. The summed E-state index contributed by atoms with van der Waals surface area (Å²) in [4.78, 5) is 25.1. The Hall–Kier alpha value is -1.92. The first-order chi connectivity index (χ1) is 9.65. The maximum absolute atomic E-state index is 12.0. The third-order valence-electron chi connectivity index (χ3n) is 3.91. The number of hydrogen-bond acceptors (Lipinski definition) is 4. The number of likely N-dealkylation sites (tertiary alicyclic amines) is 1. The molecule has 1 saturated heterocycles. The predicted molar refractivity (Wildman–Crippen MR) is 70.7 cm³/mol. The van der Waals surface area contributed by atoms with Crippen LogP contribution in [0.15, 0.2) is 0 Å². The van der Waals surface area contributed by atoms with Gasteiger partial charge in [-0.15, -0.1) is 10.2 Å². The highest BCUT2D eigenvalue weighted by atomic mass is 16.2. The number of amides is 2. The third kappa shape index (κ3) is 2.39. The lowest BCUT2D eigenvalue weighted by Crippen LogP contribution is -2.39. The van der Waals surface area contributed by atoms with Gasteiger partial charge in [-0.25, -0.2) is 0 Å². The van der Waals surface area contributed by atoms with Gasteiger partial charge in [0.2, 0.25) is 11.8 Å². The molecule has 0 radical (unpaired) electrons. The van der Waals surface area contributed by atoms with Gasteiger partial charge in [0.25, 0.3) is 0 Å². The lowest BCUT2D eigenvalue weighted by atomic mass is 10.3. The average Bonchev–Trinajstić information content (AvgIpc) is 3.06. The number of hydrogen-bond donors (Lipinski definition) is 1. The van der Waals surface area contributed by atoms with Crippen molar-refractivity contribution in [2.45, 2.75) is 45.2 Å². The van der Waals surface area contributed by atoms with E-state index >= 15 is 0 Å². The van der Waals surface area contributed by atoms with Crippen LogP contribution in [-0.4, -0.2) is 44.6 Å². The Balaban J connectivity index is 1.59. The summed E-state index contributed by atoms with van der Waals surface area (Å²) in [5, 5.41) is 11.2. The fourth-order valence-corrected chi connectivity index (χ4v) is 2.89. The maximum atomic E-state index is 12.0. The average molecular weight is 277 g/mol. The van der Waals surface area contributed by atoms with Crippen molar-refractivity contribution < 1.29 is 9.59 Å². The summed E-state index contributed by atoms with van der Waals surface area (Å²) in [6.07, 6.45) is 3.44. The normalized spacial score (nSPS) is 19.2. The van der Waals surface area contributed by atoms with Crippen molar-refractivity contribution in [1.82, 2.24) is 25.0 Å². The van der Waals surface area contributed by atoms with Crippen molar-refractivity contribution in [1.29, 1.82) is 0 Å². The molecule has 3 rings (SSSR count). The number of carbonyl (C=O) groups is 2. The van der Waals surface area contributed by atoms with Gasteiger partial charge in [-0.2, -0.15) is 0 Å².